The van der Waals surface area contributed by atoms with Crippen molar-refractivity contribution >= 4 is 5.78 Å². The Kier molecular flexibility index (Phi) is 3.14. The molecule has 106 valence electrons. The Labute approximate surface area is 118 Å². The number of rotatable bonds is 3. The van der Waals surface area contributed by atoms with E-state index in [2.05, 4.69) is 31.3 Å². The summed E-state index contributed by atoms with van der Waals surface area (Å²) in [7, 11) is 0. The van der Waals surface area contributed by atoms with Crippen molar-refractivity contribution in [3.8, 4) is 0 Å². The molecule has 20 heavy (non-hydrogen) atoms. The molecular weight excluding hydrogens is 252 g/mol. The molecule has 0 aliphatic carbocycles. The van der Waals surface area contributed by atoms with Crippen LogP contribution < -0.4 is 5.32 Å². The number of aromatic nitrogens is 3. The number of nitrogens with one attached hydrogen (secondary N) is 1. The number of piperazine rings is 1. The predicted octanol–water partition coefficient (Wildman–Crippen LogP) is -0.181. The van der Waals surface area contributed by atoms with Gasteiger partial charge in [-0.3, -0.25) is 14.2 Å². The summed E-state index contributed by atoms with van der Waals surface area (Å²) in [6.07, 6.45) is 5.87. The van der Waals surface area contributed by atoms with Crippen molar-refractivity contribution in [2.45, 2.75) is 12.6 Å². The highest BCUT2D eigenvalue weighted by Crippen LogP contribution is 2.18. The Morgan fingerprint density at radius 2 is 2.10 bits per heavy atom. The molecule has 2 aromatic rings. The van der Waals surface area contributed by atoms with Gasteiger partial charge in [-0.05, 0) is 6.07 Å². The van der Waals surface area contributed by atoms with Crippen LogP contribution in [0.5, 0.6) is 0 Å². The van der Waals surface area contributed by atoms with Gasteiger partial charge in [-0.25, -0.2) is 9.97 Å². The number of hydrogen-bond acceptors (Lipinski definition) is 5. The van der Waals surface area contributed by atoms with Gasteiger partial charge in [0.05, 0.1) is 5.69 Å². The van der Waals surface area contributed by atoms with Crippen molar-refractivity contribution in [2.24, 2.45) is 0 Å². The Morgan fingerprint density at radius 1 is 1.25 bits per heavy atom. The standard InChI is InChI=1S/C14H20N6/c1-2-16-14-17-12(9-20(14)5-1)8-18-10-13(11-18)19-6-3-15-4-7-19/h1-2,5,9,13,15H,3-4,6-8,10-11H2. The Bertz CT molecular complexity index is 549. The summed E-state index contributed by atoms with van der Waals surface area (Å²) in [5, 5.41) is 3.41. The summed E-state index contributed by atoms with van der Waals surface area (Å²) in [6, 6.07) is 2.68. The van der Waals surface area contributed by atoms with E-state index in [4.69, 9.17) is 0 Å². The van der Waals surface area contributed by atoms with Gasteiger partial charge in [0, 0.05) is 70.4 Å². The van der Waals surface area contributed by atoms with Crippen molar-refractivity contribution in [1.82, 2.24) is 29.5 Å². The molecule has 0 atom stereocenters. The average molecular weight is 272 g/mol. The van der Waals surface area contributed by atoms with Crippen LogP contribution >= 0.6 is 0 Å². The SMILES string of the molecule is c1cnc2nc(CN3CC(N4CCNCC4)C3)cn2c1. The molecule has 0 unspecified atom stereocenters. The molecule has 0 spiro atoms. The van der Waals surface area contributed by atoms with Crippen LogP contribution in [0.3, 0.4) is 0 Å². The third-order valence-electron chi connectivity index (χ3n) is 4.28. The first-order chi connectivity index (χ1) is 9.88. The zero-order valence-electron chi connectivity index (χ0n) is 11.6. The molecule has 2 aliphatic heterocycles. The highest BCUT2D eigenvalue weighted by Gasteiger charge is 2.32. The van der Waals surface area contributed by atoms with Gasteiger partial charge in [-0.15, -0.1) is 0 Å². The van der Waals surface area contributed by atoms with Gasteiger partial charge in [-0.2, -0.15) is 0 Å². The molecule has 4 heterocycles. The highest BCUT2D eigenvalue weighted by molar-refractivity contribution is 5.29. The summed E-state index contributed by atoms with van der Waals surface area (Å²) < 4.78 is 1.99. The molecule has 2 fully saturated rings. The normalized spacial score (nSPS) is 22.2. The van der Waals surface area contributed by atoms with Gasteiger partial charge in [0.1, 0.15) is 0 Å². The first-order valence-electron chi connectivity index (χ1n) is 7.34. The molecule has 2 aromatic heterocycles. The lowest BCUT2D eigenvalue weighted by molar-refractivity contribution is 0.0217. The van der Waals surface area contributed by atoms with E-state index in [0.717, 1.165) is 37.1 Å². The molecule has 2 aliphatic rings. The molecule has 0 aromatic carbocycles. The molecule has 0 amide bonds. The van der Waals surface area contributed by atoms with Crippen LogP contribution in [0.25, 0.3) is 5.78 Å². The largest absolute Gasteiger partial charge is 0.314 e. The summed E-state index contributed by atoms with van der Waals surface area (Å²) >= 11 is 0. The van der Waals surface area contributed by atoms with Gasteiger partial charge in [0.15, 0.2) is 0 Å². The Morgan fingerprint density at radius 3 is 2.90 bits per heavy atom. The second-order valence-corrected chi connectivity index (χ2v) is 5.69. The zero-order valence-corrected chi connectivity index (χ0v) is 11.6. The smallest absolute Gasteiger partial charge is 0.233 e. The first kappa shape index (κ1) is 12.3. The van der Waals surface area contributed by atoms with Crippen molar-refractivity contribution < 1.29 is 0 Å². The third-order valence-corrected chi connectivity index (χ3v) is 4.28. The lowest BCUT2D eigenvalue weighted by Gasteiger charge is -2.46. The Hall–Kier alpha value is -1.50. The lowest BCUT2D eigenvalue weighted by Crippen LogP contribution is -2.62. The number of hydrogen-bond donors (Lipinski definition) is 1. The van der Waals surface area contributed by atoms with Gasteiger partial charge in [-0.1, -0.05) is 0 Å². The minimum atomic E-state index is 0.743. The lowest BCUT2D eigenvalue weighted by atomic mass is 10.1. The number of imidazole rings is 1. The van der Waals surface area contributed by atoms with Crippen LogP contribution in [0.1, 0.15) is 5.69 Å². The topological polar surface area (TPSA) is 48.7 Å². The molecule has 4 rings (SSSR count). The summed E-state index contributed by atoms with van der Waals surface area (Å²) in [5.41, 5.74) is 1.11. The van der Waals surface area contributed by atoms with Crippen molar-refractivity contribution in [2.75, 3.05) is 39.3 Å². The van der Waals surface area contributed by atoms with Crippen LogP contribution in [-0.2, 0) is 6.54 Å². The fourth-order valence-electron chi connectivity index (χ4n) is 3.13. The fraction of sp³-hybridized carbons (Fsp3) is 0.571. The molecule has 2 saturated heterocycles. The van der Waals surface area contributed by atoms with Crippen molar-refractivity contribution in [3.63, 3.8) is 0 Å². The predicted molar refractivity (Wildman–Crippen MR) is 76.5 cm³/mol. The molecule has 0 radical (unpaired) electrons. The van der Waals surface area contributed by atoms with Gasteiger partial charge in [0.25, 0.3) is 0 Å². The number of nitrogens with zero attached hydrogens (tertiary/aromatic N) is 5. The van der Waals surface area contributed by atoms with Crippen molar-refractivity contribution in [3.05, 3.63) is 30.4 Å². The monoisotopic (exact) mass is 272 g/mol. The maximum atomic E-state index is 4.56. The van der Waals surface area contributed by atoms with E-state index in [-0.39, 0.29) is 0 Å². The molecule has 0 saturated carbocycles. The maximum absolute atomic E-state index is 4.56. The zero-order chi connectivity index (χ0) is 13.4. The van der Waals surface area contributed by atoms with E-state index in [0.29, 0.717) is 0 Å². The van der Waals surface area contributed by atoms with E-state index >= 15 is 0 Å². The molecule has 1 N–H and O–H groups in total. The van der Waals surface area contributed by atoms with Crippen LogP contribution in [0.15, 0.2) is 24.7 Å². The second kappa shape index (κ2) is 5.12. The van der Waals surface area contributed by atoms with Gasteiger partial charge >= 0.3 is 0 Å². The van der Waals surface area contributed by atoms with Gasteiger partial charge < -0.3 is 5.32 Å². The summed E-state index contributed by atoms with van der Waals surface area (Å²) in [4.78, 5) is 13.9. The van der Waals surface area contributed by atoms with E-state index in [1.54, 1.807) is 6.20 Å². The minimum absolute atomic E-state index is 0.743. The molecular formula is C14H20N6. The number of likely N-dealkylation sites (tertiary alicyclic amines) is 1. The van der Waals surface area contributed by atoms with E-state index in [9.17, 15) is 0 Å². The maximum Gasteiger partial charge on any atom is 0.233 e. The fourth-order valence-corrected chi connectivity index (χ4v) is 3.13. The van der Waals surface area contributed by atoms with E-state index < -0.39 is 0 Å². The molecule has 0 bridgehead atoms. The van der Waals surface area contributed by atoms with Gasteiger partial charge in [0.2, 0.25) is 5.78 Å². The molecule has 6 nitrogen and oxygen atoms in total. The summed E-state index contributed by atoms with van der Waals surface area (Å²) in [5.74, 6) is 0.793. The number of fused-ring (bicyclic) bond motifs is 1. The van der Waals surface area contributed by atoms with Crippen molar-refractivity contribution in [1.29, 1.82) is 0 Å². The Balaban J connectivity index is 1.34. The first-order valence-corrected chi connectivity index (χ1v) is 7.34. The second-order valence-electron chi connectivity index (χ2n) is 5.69. The third kappa shape index (κ3) is 2.30. The van der Waals surface area contributed by atoms with Crippen LogP contribution in [0.2, 0.25) is 0 Å². The van der Waals surface area contributed by atoms with Crippen LogP contribution in [0.4, 0.5) is 0 Å². The van der Waals surface area contributed by atoms with Crippen LogP contribution in [-0.4, -0.2) is 69.5 Å². The average Bonchev–Trinajstić information content (AvgIpc) is 2.86. The highest BCUT2D eigenvalue weighted by atomic mass is 15.3. The minimum Gasteiger partial charge on any atom is -0.314 e. The molecule has 6 heteroatoms. The van der Waals surface area contributed by atoms with E-state index in [1.807, 2.05) is 16.7 Å². The van der Waals surface area contributed by atoms with E-state index in [1.165, 1.54) is 26.2 Å². The quantitative estimate of drug-likeness (QED) is 0.840. The summed E-state index contributed by atoms with van der Waals surface area (Å²) in [6.45, 7) is 7.92. The van der Waals surface area contributed by atoms with Crippen LogP contribution in [0, 0.1) is 0 Å².